The molecule has 0 radical (unpaired) electrons. The van der Waals surface area contributed by atoms with Crippen molar-refractivity contribution >= 4 is 5.96 Å². The topological polar surface area (TPSA) is 45.5 Å². The minimum atomic E-state index is 0.742. The number of aliphatic imine (C=N–C) groups is 1. The van der Waals surface area contributed by atoms with Crippen LogP contribution in [0.15, 0.2) is 17.4 Å². The summed E-state index contributed by atoms with van der Waals surface area (Å²) in [5.41, 5.74) is 1.20. The van der Waals surface area contributed by atoms with Crippen molar-refractivity contribution in [1.29, 1.82) is 0 Å². The normalized spacial score (nSPS) is 24.0. The third kappa shape index (κ3) is 3.99. The van der Waals surface area contributed by atoms with Crippen LogP contribution in [0.3, 0.4) is 0 Å². The zero-order valence-electron chi connectivity index (χ0n) is 13.1. The SMILES string of the molecule is CN=C(NCCn1cc(C)cn1)N1CC(C)CC(C)C1. The minimum absolute atomic E-state index is 0.742. The largest absolute Gasteiger partial charge is 0.354 e. The van der Waals surface area contributed by atoms with Gasteiger partial charge in [-0.1, -0.05) is 13.8 Å². The lowest BCUT2D eigenvalue weighted by Crippen LogP contribution is -2.49. The first kappa shape index (κ1) is 14.9. The maximum atomic E-state index is 4.42. The molecule has 0 aliphatic carbocycles. The number of aryl methyl sites for hydroxylation is 1. The number of nitrogens with zero attached hydrogens (tertiary/aromatic N) is 4. The number of piperidine rings is 1. The molecule has 2 heterocycles. The number of nitrogens with one attached hydrogen (secondary N) is 1. The van der Waals surface area contributed by atoms with Crippen LogP contribution in [-0.4, -0.2) is 47.3 Å². The van der Waals surface area contributed by atoms with E-state index in [0.29, 0.717) is 0 Å². The first-order chi connectivity index (χ1) is 9.58. The van der Waals surface area contributed by atoms with E-state index in [2.05, 4.69) is 47.3 Å². The van der Waals surface area contributed by atoms with E-state index in [0.717, 1.165) is 44.0 Å². The zero-order valence-corrected chi connectivity index (χ0v) is 13.1. The first-order valence-electron chi connectivity index (χ1n) is 7.53. The second-order valence-corrected chi connectivity index (χ2v) is 6.11. The highest BCUT2D eigenvalue weighted by atomic mass is 15.3. The van der Waals surface area contributed by atoms with Crippen LogP contribution in [0, 0.1) is 18.8 Å². The smallest absolute Gasteiger partial charge is 0.193 e. The van der Waals surface area contributed by atoms with E-state index in [-0.39, 0.29) is 0 Å². The zero-order chi connectivity index (χ0) is 14.5. The molecule has 1 N–H and O–H groups in total. The van der Waals surface area contributed by atoms with Crippen LogP contribution in [0.25, 0.3) is 0 Å². The van der Waals surface area contributed by atoms with Gasteiger partial charge in [0.1, 0.15) is 0 Å². The lowest BCUT2D eigenvalue weighted by Gasteiger charge is -2.37. The minimum Gasteiger partial charge on any atom is -0.354 e. The number of hydrogen-bond acceptors (Lipinski definition) is 2. The highest BCUT2D eigenvalue weighted by Gasteiger charge is 2.23. The highest BCUT2D eigenvalue weighted by Crippen LogP contribution is 2.20. The molecule has 0 aromatic carbocycles. The van der Waals surface area contributed by atoms with Gasteiger partial charge in [-0.3, -0.25) is 9.67 Å². The Morgan fingerprint density at radius 2 is 2.10 bits per heavy atom. The van der Waals surface area contributed by atoms with Gasteiger partial charge in [-0.25, -0.2) is 0 Å². The van der Waals surface area contributed by atoms with Crippen LogP contribution in [0.2, 0.25) is 0 Å². The predicted molar refractivity (Wildman–Crippen MR) is 82.8 cm³/mol. The maximum Gasteiger partial charge on any atom is 0.193 e. The molecule has 2 unspecified atom stereocenters. The van der Waals surface area contributed by atoms with E-state index in [4.69, 9.17) is 0 Å². The van der Waals surface area contributed by atoms with Gasteiger partial charge in [-0.15, -0.1) is 0 Å². The predicted octanol–water partition coefficient (Wildman–Crippen LogP) is 1.74. The van der Waals surface area contributed by atoms with Crippen LogP contribution in [0.4, 0.5) is 0 Å². The van der Waals surface area contributed by atoms with Gasteiger partial charge < -0.3 is 10.2 Å². The Labute approximate surface area is 122 Å². The molecule has 0 spiro atoms. The summed E-state index contributed by atoms with van der Waals surface area (Å²) in [6, 6.07) is 0. The summed E-state index contributed by atoms with van der Waals surface area (Å²) in [6.45, 7) is 10.6. The van der Waals surface area contributed by atoms with Crippen molar-refractivity contribution in [2.45, 2.75) is 33.7 Å². The van der Waals surface area contributed by atoms with Crippen molar-refractivity contribution in [3.8, 4) is 0 Å². The standard InChI is InChI=1S/C15H27N5/c1-12-7-13(2)10-19(9-12)15(16-4)17-5-6-20-11-14(3)8-18-20/h8,11-13H,5-7,9-10H2,1-4H3,(H,16,17). The summed E-state index contributed by atoms with van der Waals surface area (Å²) in [5, 5.41) is 7.75. The highest BCUT2D eigenvalue weighted by molar-refractivity contribution is 5.79. The van der Waals surface area contributed by atoms with Crippen molar-refractivity contribution in [3.63, 3.8) is 0 Å². The monoisotopic (exact) mass is 277 g/mol. The third-order valence-electron chi connectivity index (χ3n) is 3.77. The molecule has 1 aliphatic rings. The average Bonchev–Trinajstić information content (AvgIpc) is 2.79. The quantitative estimate of drug-likeness (QED) is 0.676. The molecule has 1 aliphatic heterocycles. The van der Waals surface area contributed by atoms with Gasteiger partial charge in [-0.2, -0.15) is 5.10 Å². The summed E-state index contributed by atoms with van der Waals surface area (Å²) in [4.78, 5) is 6.80. The molecule has 1 saturated heterocycles. The summed E-state index contributed by atoms with van der Waals surface area (Å²) >= 11 is 0. The fourth-order valence-electron chi connectivity index (χ4n) is 3.04. The Morgan fingerprint density at radius 3 is 2.65 bits per heavy atom. The number of guanidine groups is 1. The van der Waals surface area contributed by atoms with Crippen LogP contribution >= 0.6 is 0 Å². The molecule has 0 bridgehead atoms. The molecule has 1 aromatic rings. The van der Waals surface area contributed by atoms with Gasteiger partial charge in [0.15, 0.2) is 5.96 Å². The van der Waals surface area contributed by atoms with E-state index in [1.54, 1.807) is 0 Å². The second-order valence-electron chi connectivity index (χ2n) is 6.11. The Morgan fingerprint density at radius 1 is 1.40 bits per heavy atom. The van der Waals surface area contributed by atoms with Crippen LogP contribution < -0.4 is 5.32 Å². The summed E-state index contributed by atoms with van der Waals surface area (Å²) in [6.07, 6.45) is 5.28. The Bertz CT molecular complexity index is 441. The first-order valence-corrected chi connectivity index (χ1v) is 7.53. The van der Waals surface area contributed by atoms with Crippen molar-refractivity contribution in [2.24, 2.45) is 16.8 Å². The van der Waals surface area contributed by atoms with Crippen LogP contribution in [-0.2, 0) is 6.54 Å². The van der Waals surface area contributed by atoms with Gasteiger partial charge in [0, 0.05) is 32.9 Å². The van der Waals surface area contributed by atoms with E-state index in [9.17, 15) is 0 Å². The van der Waals surface area contributed by atoms with E-state index in [1.807, 2.05) is 17.9 Å². The lowest BCUT2D eigenvalue weighted by atomic mass is 9.92. The molecule has 112 valence electrons. The van der Waals surface area contributed by atoms with Gasteiger partial charge in [0.05, 0.1) is 12.7 Å². The van der Waals surface area contributed by atoms with Gasteiger partial charge in [0.2, 0.25) is 0 Å². The van der Waals surface area contributed by atoms with Crippen molar-refractivity contribution < 1.29 is 0 Å². The Balaban J connectivity index is 1.83. The number of hydrogen-bond donors (Lipinski definition) is 1. The molecule has 0 saturated carbocycles. The van der Waals surface area contributed by atoms with E-state index in [1.165, 1.54) is 12.0 Å². The summed E-state index contributed by atoms with van der Waals surface area (Å²) < 4.78 is 1.97. The molecule has 0 amide bonds. The number of rotatable bonds is 3. The van der Waals surface area contributed by atoms with Crippen molar-refractivity contribution in [2.75, 3.05) is 26.7 Å². The molecule has 5 heteroatoms. The van der Waals surface area contributed by atoms with Gasteiger partial charge >= 0.3 is 0 Å². The lowest BCUT2D eigenvalue weighted by molar-refractivity contribution is 0.208. The second kappa shape index (κ2) is 6.77. The average molecular weight is 277 g/mol. The Kier molecular flexibility index (Phi) is 5.04. The molecular formula is C15H27N5. The van der Waals surface area contributed by atoms with E-state index < -0.39 is 0 Å². The summed E-state index contributed by atoms with van der Waals surface area (Å²) in [5.74, 6) is 2.50. The van der Waals surface area contributed by atoms with Gasteiger partial charge in [0.25, 0.3) is 0 Å². The van der Waals surface area contributed by atoms with E-state index >= 15 is 0 Å². The maximum absolute atomic E-state index is 4.42. The van der Waals surface area contributed by atoms with Crippen molar-refractivity contribution in [1.82, 2.24) is 20.0 Å². The fraction of sp³-hybridized carbons (Fsp3) is 0.733. The number of aromatic nitrogens is 2. The molecule has 1 aromatic heterocycles. The fourth-order valence-corrected chi connectivity index (χ4v) is 3.04. The van der Waals surface area contributed by atoms with Gasteiger partial charge in [-0.05, 0) is 30.7 Å². The molecule has 1 fully saturated rings. The molecular weight excluding hydrogens is 250 g/mol. The third-order valence-corrected chi connectivity index (χ3v) is 3.77. The van der Waals surface area contributed by atoms with Crippen LogP contribution in [0.5, 0.6) is 0 Å². The molecule has 2 rings (SSSR count). The Hall–Kier alpha value is -1.52. The molecule has 20 heavy (non-hydrogen) atoms. The molecule has 2 atom stereocenters. The van der Waals surface area contributed by atoms with Crippen molar-refractivity contribution in [3.05, 3.63) is 18.0 Å². The molecule has 5 nitrogen and oxygen atoms in total. The number of likely N-dealkylation sites (tertiary alicyclic amines) is 1. The van der Waals surface area contributed by atoms with Crippen LogP contribution in [0.1, 0.15) is 25.8 Å². The summed E-state index contributed by atoms with van der Waals surface area (Å²) in [7, 11) is 1.87.